The number of fused-ring (bicyclic) bond motifs is 1. The van der Waals surface area contributed by atoms with Crippen molar-refractivity contribution in [3.05, 3.63) is 40.7 Å². The number of rotatable bonds is 13. The first-order valence-electron chi connectivity index (χ1n) is 19.2. The van der Waals surface area contributed by atoms with Crippen molar-refractivity contribution < 1.29 is 48.0 Å². The van der Waals surface area contributed by atoms with Gasteiger partial charge in [0.2, 0.25) is 11.8 Å². The van der Waals surface area contributed by atoms with Crippen LogP contribution in [-0.4, -0.2) is 99.5 Å². The first-order chi connectivity index (χ1) is 27.4. The van der Waals surface area contributed by atoms with Gasteiger partial charge in [0.25, 0.3) is 0 Å². The minimum Gasteiger partial charge on any atom is -0.495 e. The molecule has 6 rings (SSSR count). The van der Waals surface area contributed by atoms with Crippen molar-refractivity contribution in [3.63, 3.8) is 0 Å². The number of ether oxygens (including phenoxy) is 4. The number of pyridine rings is 1. The zero-order valence-electron chi connectivity index (χ0n) is 33.3. The second kappa shape index (κ2) is 17.1. The van der Waals surface area contributed by atoms with Crippen LogP contribution in [0.25, 0.3) is 22.3 Å². The molecule has 5 atom stereocenters. The Morgan fingerprint density at radius 2 is 1.79 bits per heavy atom. The lowest BCUT2D eigenvalue weighted by Crippen LogP contribution is -2.59. The number of carbonyl (C=O) groups is 5. The van der Waals surface area contributed by atoms with Gasteiger partial charge in [0.15, 0.2) is 5.13 Å². The summed E-state index contributed by atoms with van der Waals surface area (Å²) in [7, 11) is 1.53. The molecule has 2 saturated carbocycles. The average Bonchev–Trinajstić information content (AvgIpc) is 3.56. The molecule has 0 unspecified atom stereocenters. The number of nitrogens with one attached hydrogen (secondary N) is 3. The van der Waals surface area contributed by atoms with Crippen molar-refractivity contribution in [1.82, 2.24) is 25.5 Å². The fraction of sp³-hybridized carbons (Fsp3) is 0.525. The minimum absolute atomic E-state index is 0.00534. The van der Waals surface area contributed by atoms with Crippen molar-refractivity contribution >= 4 is 73.3 Å². The molecular weight excluding hydrogens is 836 g/mol. The largest absolute Gasteiger partial charge is 0.495 e. The molecule has 2 aliphatic carbocycles. The van der Waals surface area contributed by atoms with Crippen LogP contribution >= 0.6 is 27.3 Å². The molecule has 16 nitrogen and oxygen atoms in total. The van der Waals surface area contributed by atoms with Gasteiger partial charge in [-0.05, 0) is 79.4 Å². The smallest absolute Gasteiger partial charge is 0.413 e. The van der Waals surface area contributed by atoms with E-state index in [9.17, 15) is 29.1 Å². The van der Waals surface area contributed by atoms with E-state index in [-0.39, 0.29) is 36.7 Å². The number of benzene rings is 1. The van der Waals surface area contributed by atoms with E-state index in [0.29, 0.717) is 38.3 Å². The van der Waals surface area contributed by atoms with E-state index in [1.807, 2.05) is 0 Å². The maximum Gasteiger partial charge on any atom is 0.413 e. The molecule has 0 radical (unpaired) electrons. The molecule has 18 heteroatoms. The molecule has 3 aromatic rings. The summed E-state index contributed by atoms with van der Waals surface area (Å²) in [6.07, 6.45) is 2.32. The normalized spacial score (nSPS) is 22.3. The summed E-state index contributed by atoms with van der Waals surface area (Å²) < 4.78 is 23.6. The molecule has 1 aliphatic heterocycles. The van der Waals surface area contributed by atoms with Gasteiger partial charge in [-0.2, -0.15) is 0 Å². The second-order valence-electron chi connectivity index (χ2n) is 16.1. The zero-order valence-corrected chi connectivity index (χ0v) is 35.7. The van der Waals surface area contributed by atoms with Crippen molar-refractivity contribution in [1.29, 1.82) is 0 Å². The predicted molar refractivity (Wildman–Crippen MR) is 219 cm³/mol. The highest BCUT2D eigenvalue weighted by atomic mass is 79.9. The number of carboxylic acid groups (broad SMARTS) is 1. The minimum atomic E-state index is -1.55. The van der Waals surface area contributed by atoms with Crippen molar-refractivity contribution in [2.24, 2.45) is 11.3 Å². The Bertz CT molecular complexity index is 2100. The highest BCUT2D eigenvalue weighted by Gasteiger charge is 2.61. The van der Waals surface area contributed by atoms with E-state index < -0.39 is 65.0 Å². The number of anilines is 1. The van der Waals surface area contributed by atoms with Gasteiger partial charge in [-0.1, -0.05) is 26.8 Å². The SMILES string of the molecule is C=C[C@@H]1C[C@]1(NC(=O)[C@@H]1C[C@@H](Oc2cc(-c3csc(NC(=O)OC(C)C)n3)nc3c(Br)c(OC)ccc23)CN1C(=O)[C@@H](NC(=O)OC1CCCC1)C(C)(C)C)C(=O)O. The van der Waals surface area contributed by atoms with Crippen molar-refractivity contribution in [2.75, 3.05) is 19.0 Å². The van der Waals surface area contributed by atoms with Crippen LogP contribution in [-0.2, 0) is 23.9 Å². The molecule has 3 heterocycles. The summed E-state index contributed by atoms with van der Waals surface area (Å²) in [5.74, 6) is -2.04. The number of carboxylic acids is 1. The van der Waals surface area contributed by atoms with Gasteiger partial charge < -0.3 is 39.6 Å². The highest BCUT2D eigenvalue weighted by molar-refractivity contribution is 9.10. The van der Waals surface area contributed by atoms with Crippen LogP contribution in [0.15, 0.2) is 40.7 Å². The fourth-order valence-corrected chi connectivity index (χ4v) is 8.66. The fourth-order valence-electron chi connectivity index (χ4n) is 7.37. The molecular formula is C40H49BrN6O10S. The van der Waals surface area contributed by atoms with Crippen LogP contribution in [0, 0.1) is 11.3 Å². The summed E-state index contributed by atoms with van der Waals surface area (Å²) in [4.78, 5) is 77.4. The predicted octanol–water partition coefficient (Wildman–Crippen LogP) is 6.66. The lowest BCUT2D eigenvalue weighted by Gasteiger charge is -2.35. The van der Waals surface area contributed by atoms with Gasteiger partial charge in [-0.15, -0.1) is 17.9 Å². The van der Waals surface area contributed by atoms with Crippen molar-refractivity contribution in [3.8, 4) is 22.9 Å². The number of alkyl carbamates (subject to hydrolysis) is 1. The Labute approximate surface area is 348 Å². The third-order valence-corrected chi connectivity index (χ3v) is 12.0. The maximum absolute atomic E-state index is 14.6. The number of likely N-dealkylation sites (tertiary alicyclic amines) is 1. The van der Waals surface area contributed by atoms with Gasteiger partial charge in [0, 0.05) is 29.2 Å². The summed E-state index contributed by atoms with van der Waals surface area (Å²) >= 11 is 4.79. The molecule has 4 amide bonds. The molecule has 0 spiro atoms. The van der Waals surface area contributed by atoms with E-state index in [0.717, 1.165) is 25.7 Å². The number of methoxy groups -OCH3 is 1. The van der Waals surface area contributed by atoms with Crippen LogP contribution in [0.3, 0.4) is 0 Å². The number of amides is 4. The quantitative estimate of drug-likeness (QED) is 0.133. The van der Waals surface area contributed by atoms with Gasteiger partial charge in [0.05, 0.1) is 35.4 Å². The molecule has 4 N–H and O–H groups in total. The van der Waals surface area contributed by atoms with Crippen LogP contribution in [0.4, 0.5) is 14.7 Å². The monoisotopic (exact) mass is 884 g/mol. The van der Waals surface area contributed by atoms with Gasteiger partial charge in [-0.3, -0.25) is 14.9 Å². The van der Waals surface area contributed by atoms with Gasteiger partial charge in [0.1, 0.15) is 47.0 Å². The average molecular weight is 886 g/mol. The Morgan fingerprint density at radius 3 is 2.41 bits per heavy atom. The Balaban J connectivity index is 1.33. The zero-order chi connectivity index (χ0) is 42.1. The summed E-state index contributed by atoms with van der Waals surface area (Å²) in [6, 6.07) is 2.94. The van der Waals surface area contributed by atoms with Crippen molar-refractivity contribution in [2.45, 2.75) is 109 Å². The van der Waals surface area contributed by atoms with E-state index in [2.05, 4.69) is 43.4 Å². The lowest BCUT2D eigenvalue weighted by atomic mass is 9.85. The molecule has 3 fully saturated rings. The lowest BCUT2D eigenvalue weighted by molar-refractivity contribution is -0.146. The molecule has 1 aromatic carbocycles. The third-order valence-electron chi connectivity index (χ3n) is 10.5. The van der Waals surface area contributed by atoms with E-state index in [1.165, 1.54) is 29.4 Å². The Hall–Kier alpha value is -4.97. The van der Waals surface area contributed by atoms with Gasteiger partial charge in [-0.25, -0.2) is 24.4 Å². The molecule has 3 aliphatic rings. The molecule has 58 heavy (non-hydrogen) atoms. The number of halogens is 1. The van der Waals surface area contributed by atoms with Crippen LogP contribution in [0.2, 0.25) is 0 Å². The number of aliphatic carboxylic acids is 1. The molecule has 2 aromatic heterocycles. The summed E-state index contributed by atoms with van der Waals surface area (Å²) in [6.45, 7) is 12.5. The van der Waals surface area contributed by atoms with Gasteiger partial charge >= 0.3 is 18.2 Å². The van der Waals surface area contributed by atoms with E-state index in [1.54, 1.807) is 58.2 Å². The summed E-state index contributed by atoms with van der Waals surface area (Å²) in [5, 5.41) is 20.8. The molecule has 0 bridgehead atoms. The number of hydrogen-bond acceptors (Lipinski definition) is 12. The number of nitrogens with zero attached hydrogens (tertiary/aromatic N) is 3. The van der Waals surface area contributed by atoms with Crippen LogP contribution < -0.4 is 25.4 Å². The van der Waals surface area contributed by atoms with E-state index in [4.69, 9.17) is 23.9 Å². The Kier molecular flexibility index (Phi) is 12.6. The number of aromatic nitrogens is 2. The topological polar surface area (TPSA) is 208 Å². The molecule has 1 saturated heterocycles. The second-order valence-corrected chi connectivity index (χ2v) is 17.8. The first-order valence-corrected chi connectivity index (χ1v) is 20.8. The molecule has 312 valence electrons. The standard InChI is InChI=1S/C40H49BrN6O10S/c1-8-21-17-40(21,35(50)51)46-33(48)27-15-23(18-47(27)34(49)32(39(4,5)6)44-37(52)57-22-11-9-10-12-22)56-29-16-25(42-31-24(29)13-14-28(54-7)30(31)41)26-19-58-36(43-26)45-38(53)55-20(2)3/h8,13-14,16,19-23,27,32H,1,9-12,15,17-18H2,2-7H3,(H,44,52)(H,46,48)(H,50,51)(H,43,45,53)/t21-,23-,27+,32-,40-/m1/s1. The highest BCUT2D eigenvalue weighted by Crippen LogP contribution is 2.45. The maximum atomic E-state index is 14.6. The van der Waals surface area contributed by atoms with E-state index >= 15 is 0 Å². The third kappa shape index (κ3) is 9.17. The number of thiazole rings is 1. The number of carbonyl (C=O) groups excluding carboxylic acids is 4. The number of hydrogen-bond donors (Lipinski definition) is 4. The first kappa shape index (κ1) is 42.6. The Morgan fingerprint density at radius 1 is 1.07 bits per heavy atom. The summed E-state index contributed by atoms with van der Waals surface area (Å²) in [5.41, 5.74) is -1.07. The van der Waals surface area contributed by atoms with Crippen LogP contribution in [0.1, 0.15) is 73.1 Å². The van der Waals surface area contributed by atoms with Crippen LogP contribution in [0.5, 0.6) is 11.5 Å².